The fraction of sp³-hybridized carbons (Fsp3) is 0.300. The minimum Gasteiger partial charge on any atom is -0.508 e. The summed E-state index contributed by atoms with van der Waals surface area (Å²) in [6.07, 6.45) is 0.804. The van der Waals surface area contributed by atoms with E-state index < -0.39 is 0 Å². The van der Waals surface area contributed by atoms with Crippen molar-refractivity contribution in [3.05, 3.63) is 29.3 Å². The van der Waals surface area contributed by atoms with Crippen LogP contribution in [0.2, 0.25) is 0 Å². The largest absolute Gasteiger partial charge is 0.508 e. The normalized spacial score (nSPS) is 9.69. The van der Waals surface area contributed by atoms with Crippen molar-refractivity contribution < 1.29 is 9.90 Å². The summed E-state index contributed by atoms with van der Waals surface area (Å²) in [7, 11) is 1.57. The molecule has 0 aliphatic carbocycles. The second-order valence-corrected chi connectivity index (χ2v) is 2.82. The highest BCUT2D eigenvalue weighted by Gasteiger charge is 2.05. The Labute approximate surface area is 77.4 Å². The number of amides is 1. The van der Waals surface area contributed by atoms with Crippen molar-refractivity contribution in [1.82, 2.24) is 5.32 Å². The van der Waals surface area contributed by atoms with E-state index in [1.807, 2.05) is 6.92 Å². The summed E-state index contributed by atoms with van der Waals surface area (Å²) < 4.78 is 0. The number of benzene rings is 1. The summed E-state index contributed by atoms with van der Waals surface area (Å²) in [6.45, 7) is 1.97. The second-order valence-electron chi connectivity index (χ2n) is 2.82. The Kier molecular flexibility index (Phi) is 2.90. The maximum absolute atomic E-state index is 11.2. The standard InChI is InChI=1S/C10H13NO2/c1-3-7-4-8(10(13)11-2)6-9(12)5-7/h4-6,12H,3H2,1-2H3,(H,11,13). The van der Waals surface area contributed by atoms with E-state index in [1.54, 1.807) is 19.2 Å². The summed E-state index contributed by atoms with van der Waals surface area (Å²) >= 11 is 0. The number of hydrogen-bond donors (Lipinski definition) is 2. The van der Waals surface area contributed by atoms with E-state index in [1.165, 1.54) is 6.07 Å². The van der Waals surface area contributed by atoms with E-state index >= 15 is 0 Å². The van der Waals surface area contributed by atoms with Crippen molar-refractivity contribution in [2.24, 2.45) is 0 Å². The zero-order valence-electron chi connectivity index (χ0n) is 7.79. The van der Waals surface area contributed by atoms with Gasteiger partial charge in [0.25, 0.3) is 5.91 Å². The molecule has 3 heteroatoms. The summed E-state index contributed by atoms with van der Waals surface area (Å²) in [6, 6.07) is 4.89. The van der Waals surface area contributed by atoms with Crippen molar-refractivity contribution in [2.45, 2.75) is 13.3 Å². The number of aryl methyl sites for hydroxylation is 1. The summed E-state index contributed by atoms with van der Waals surface area (Å²) in [5.74, 6) is -0.0384. The highest BCUT2D eigenvalue weighted by atomic mass is 16.3. The molecule has 0 aliphatic heterocycles. The average Bonchev–Trinajstić information content (AvgIpc) is 2.15. The van der Waals surface area contributed by atoms with Crippen LogP contribution in [0.15, 0.2) is 18.2 Å². The molecule has 0 saturated heterocycles. The van der Waals surface area contributed by atoms with Crippen LogP contribution in [0.4, 0.5) is 0 Å². The molecule has 70 valence electrons. The second kappa shape index (κ2) is 3.94. The molecule has 0 heterocycles. The van der Waals surface area contributed by atoms with E-state index in [2.05, 4.69) is 5.32 Å². The van der Waals surface area contributed by atoms with Gasteiger partial charge in [-0.15, -0.1) is 0 Å². The first kappa shape index (κ1) is 9.58. The molecular formula is C10H13NO2. The van der Waals surface area contributed by atoms with Crippen LogP contribution in [0.1, 0.15) is 22.8 Å². The molecule has 1 rings (SSSR count). The van der Waals surface area contributed by atoms with Crippen LogP contribution in [0.25, 0.3) is 0 Å². The maximum atomic E-state index is 11.2. The van der Waals surface area contributed by atoms with Crippen molar-refractivity contribution in [1.29, 1.82) is 0 Å². The fourth-order valence-corrected chi connectivity index (χ4v) is 1.15. The van der Waals surface area contributed by atoms with Crippen LogP contribution in [-0.4, -0.2) is 18.1 Å². The first-order valence-corrected chi connectivity index (χ1v) is 4.22. The molecule has 0 unspecified atom stereocenters. The van der Waals surface area contributed by atoms with Gasteiger partial charge in [-0.1, -0.05) is 6.92 Å². The first-order chi connectivity index (χ1) is 6.17. The van der Waals surface area contributed by atoms with Gasteiger partial charge in [-0.25, -0.2) is 0 Å². The van der Waals surface area contributed by atoms with Gasteiger partial charge in [0.2, 0.25) is 0 Å². The van der Waals surface area contributed by atoms with Gasteiger partial charge in [0.1, 0.15) is 5.75 Å². The van der Waals surface area contributed by atoms with E-state index in [4.69, 9.17) is 0 Å². The smallest absolute Gasteiger partial charge is 0.251 e. The molecule has 0 fully saturated rings. The number of aromatic hydroxyl groups is 1. The summed E-state index contributed by atoms with van der Waals surface area (Å²) in [5, 5.41) is 11.8. The van der Waals surface area contributed by atoms with E-state index in [9.17, 15) is 9.90 Å². The Balaban J connectivity index is 3.08. The number of rotatable bonds is 2. The predicted octanol–water partition coefficient (Wildman–Crippen LogP) is 1.31. The lowest BCUT2D eigenvalue weighted by Gasteiger charge is -2.03. The molecule has 3 nitrogen and oxygen atoms in total. The van der Waals surface area contributed by atoms with Crippen LogP contribution in [0, 0.1) is 0 Å². The lowest BCUT2D eigenvalue weighted by Crippen LogP contribution is -2.17. The Morgan fingerprint density at radius 3 is 2.69 bits per heavy atom. The van der Waals surface area contributed by atoms with Crippen LogP contribution in [0.3, 0.4) is 0 Å². The van der Waals surface area contributed by atoms with Crippen molar-refractivity contribution >= 4 is 5.91 Å². The highest BCUT2D eigenvalue weighted by molar-refractivity contribution is 5.94. The molecule has 0 aliphatic rings. The zero-order valence-corrected chi connectivity index (χ0v) is 7.79. The predicted molar refractivity (Wildman–Crippen MR) is 50.9 cm³/mol. The van der Waals surface area contributed by atoms with Crippen LogP contribution in [-0.2, 0) is 6.42 Å². The number of nitrogens with one attached hydrogen (secondary N) is 1. The van der Waals surface area contributed by atoms with Gasteiger partial charge >= 0.3 is 0 Å². The Hall–Kier alpha value is -1.51. The third kappa shape index (κ3) is 2.21. The quantitative estimate of drug-likeness (QED) is 0.719. The fourth-order valence-electron chi connectivity index (χ4n) is 1.15. The van der Waals surface area contributed by atoms with Crippen molar-refractivity contribution in [3.8, 4) is 5.75 Å². The van der Waals surface area contributed by atoms with Gasteiger partial charge in [0, 0.05) is 12.6 Å². The van der Waals surface area contributed by atoms with Gasteiger partial charge in [-0.05, 0) is 30.2 Å². The molecule has 1 aromatic rings. The van der Waals surface area contributed by atoms with Gasteiger partial charge in [0.15, 0.2) is 0 Å². The minimum absolute atomic E-state index is 0.137. The topological polar surface area (TPSA) is 49.3 Å². The third-order valence-corrected chi connectivity index (χ3v) is 1.88. The number of carbonyl (C=O) groups excluding carboxylic acids is 1. The van der Waals surface area contributed by atoms with E-state index in [-0.39, 0.29) is 11.7 Å². The van der Waals surface area contributed by atoms with Gasteiger partial charge in [0.05, 0.1) is 0 Å². The number of phenols is 1. The molecule has 13 heavy (non-hydrogen) atoms. The zero-order chi connectivity index (χ0) is 9.84. The SMILES string of the molecule is CCc1cc(O)cc(C(=O)NC)c1. The Morgan fingerprint density at radius 2 is 2.15 bits per heavy atom. The molecule has 2 N–H and O–H groups in total. The summed E-state index contributed by atoms with van der Waals surface area (Å²) in [4.78, 5) is 11.2. The Bertz CT molecular complexity index is 321. The van der Waals surface area contributed by atoms with E-state index in [0.717, 1.165) is 12.0 Å². The van der Waals surface area contributed by atoms with Crippen molar-refractivity contribution in [3.63, 3.8) is 0 Å². The molecular weight excluding hydrogens is 166 g/mol. The number of phenolic OH excluding ortho intramolecular Hbond substituents is 1. The molecule has 0 aromatic heterocycles. The highest BCUT2D eigenvalue weighted by Crippen LogP contribution is 2.15. The van der Waals surface area contributed by atoms with Crippen LogP contribution in [0.5, 0.6) is 5.75 Å². The average molecular weight is 179 g/mol. The minimum atomic E-state index is -0.175. The molecule has 1 amide bonds. The third-order valence-electron chi connectivity index (χ3n) is 1.88. The molecule has 0 radical (unpaired) electrons. The first-order valence-electron chi connectivity index (χ1n) is 4.22. The monoisotopic (exact) mass is 179 g/mol. The van der Waals surface area contributed by atoms with Crippen LogP contribution >= 0.6 is 0 Å². The van der Waals surface area contributed by atoms with Crippen LogP contribution < -0.4 is 5.32 Å². The molecule has 0 spiro atoms. The molecule has 0 bridgehead atoms. The van der Waals surface area contributed by atoms with Gasteiger partial charge < -0.3 is 10.4 Å². The lowest BCUT2D eigenvalue weighted by atomic mass is 10.1. The molecule has 0 atom stereocenters. The molecule has 1 aromatic carbocycles. The maximum Gasteiger partial charge on any atom is 0.251 e. The van der Waals surface area contributed by atoms with E-state index in [0.29, 0.717) is 5.56 Å². The van der Waals surface area contributed by atoms with Gasteiger partial charge in [-0.2, -0.15) is 0 Å². The number of carbonyl (C=O) groups is 1. The number of hydrogen-bond acceptors (Lipinski definition) is 2. The molecule has 0 saturated carbocycles. The van der Waals surface area contributed by atoms with Gasteiger partial charge in [-0.3, -0.25) is 4.79 Å². The Morgan fingerprint density at radius 1 is 1.46 bits per heavy atom. The van der Waals surface area contributed by atoms with Crippen molar-refractivity contribution in [2.75, 3.05) is 7.05 Å². The summed E-state index contributed by atoms with van der Waals surface area (Å²) in [5.41, 5.74) is 1.46. The lowest BCUT2D eigenvalue weighted by molar-refractivity contribution is 0.0962.